The summed E-state index contributed by atoms with van der Waals surface area (Å²) in [4.78, 5) is 37.9. The van der Waals surface area contributed by atoms with Gasteiger partial charge in [-0.15, -0.1) is 0 Å². The molecule has 0 N–H and O–H groups in total. The number of carbonyl (C=O) groups is 3. The molecular weight excluding hydrogens is 343 g/mol. The van der Waals surface area contributed by atoms with Crippen LogP contribution in [0.5, 0.6) is 0 Å². The second kappa shape index (κ2) is 7.07. The van der Waals surface area contributed by atoms with Gasteiger partial charge in [-0.1, -0.05) is 6.08 Å². The summed E-state index contributed by atoms with van der Waals surface area (Å²) in [6, 6.07) is 3.29. The van der Waals surface area contributed by atoms with E-state index in [-0.39, 0.29) is 5.56 Å². The third-order valence-corrected chi connectivity index (χ3v) is 4.62. The van der Waals surface area contributed by atoms with E-state index in [1.165, 1.54) is 37.6 Å². The number of Topliss-reactive ketones (excluding diaryl/α,β-unsaturated/α-hetero) is 1. The standard InChI is InChI=1S/C18H17FN2O5/c1-25-17(23)13-12-4-3-9-20-21(12)15(14(13)18(24)26-2)16(22)10-5-7-11(19)8-6-10/h3-9,12-15H,1-2H3/t12-,13-,14-,15+/m0/s1. The molecule has 0 radical (unpaired) electrons. The molecule has 0 aromatic heterocycles. The number of esters is 2. The quantitative estimate of drug-likeness (QED) is 0.592. The van der Waals surface area contributed by atoms with Crippen molar-refractivity contribution >= 4 is 23.9 Å². The summed E-state index contributed by atoms with van der Waals surface area (Å²) in [5.74, 6) is -4.33. The third kappa shape index (κ3) is 2.87. The summed E-state index contributed by atoms with van der Waals surface area (Å²) >= 11 is 0. The molecule has 4 atom stereocenters. The molecule has 1 aromatic rings. The zero-order valence-corrected chi connectivity index (χ0v) is 14.2. The average Bonchev–Trinajstić information content (AvgIpc) is 3.02. The molecule has 136 valence electrons. The number of hydrogen-bond acceptors (Lipinski definition) is 7. The zero-order valence-electron chi connectivity index (χ0n) is 14.2. The molecule has 8 heteroatoms. The number of nitrogens with zero attached hydrogens (tertiary/aromatic N) is 2. The number of halogens is 1. The monoisotopic (exact) mass is 360 g/mol. The molecule has 0 spiro atoms. The Morgan fingerprint density at radius 2 is 1.65 bits per heavy atom. The van der Waals surface area contributed by atoms with Gasteiger partial charge in [0.15, 0.2) is 5.78 Å². The van der Waals surface area contributed by atoms with Gasteiger partial charge in [0.25, 0.3) is 0 Å². The van der Waals surface area contributed by atoms with Crippen LogP contribution in [0.1, 0.15) is 10.4 Å². The zero-order chi connectivity index (χ0) is 18.8. The van der Waals surface area contributed by atoms with Gasteiger partial charge in [0, 0.05) is 11.8 Å². The van der Waals surface area contributed by atoms with Gasteiger partial charge < -0.3 is 9.47 Å². The SMILES string of the molecule is COC(=O)[C@@H]1[C@H](C(=O)OC)[C@H](C(=O)c2ccc(F)cc2)N2N=CC=C[C@@H]12. The number of ether oxygens (including phenoxy) is 2. The van der Waals surface area contributed by atoms with E-state index < -0.39 is 47.5 Å². The summed E-state index contributed by atoms with van der Waals surface area (Å²) < 4.78 is 22.9. The molecule has 7 nitrogen and oxygen atoms in total. The Morgan fingerprint density at radius 3 is 2.27 bits per heavy atom. The van der Waals surface area contributed by atoms with Crippen molar-refractivity contribution in [1.82, 2.24) is 5.01 Å². The van der Waals surface area contributed by atoms with Crippen molar-refractivity contribution in [3.63, 3.8) is 0 Å². The topological polar surface area (TPSA) is 85.3 Å². The Balaban J connectivity index is 2.07. The normalized spacial score (nSPS) is 26.3. The first kappa shape index (κ1) is 17.8. The molecular formula is C18H17FN2O5. The molecule has 1 aromatic carbocycles. The Kier molecular flexibility index (Phi) is 4.83. The molecule has 0 amide bonds. The number of allylic oxidation sites excluding steroid dienone is 1. The van der Waals surface area contributed by atoms with E-state index in [2.05, 4.69) is 5.10 Å². The van der Waals surface area contributed by atoms with Crippen molar-refractivity contribution in [2.24, 2.45) is 16.9 Å². The molecule has 3 rings (SSSR count). The van der Waals surface area contributed by atoms with Gasteiger partial charge in [-0.05, 0) is 30.3 Å². The Bertz CT molecular complexity index is 789. The second-order valence-electron chi connectivity index (χ2n) is 5.93. The molecule has 0 saturated carbocycles. The fraction of sp³-hybridized carbons (Fsp3) is 0.333. The molecule has 0 bridgehead atoms. The van der Waals surface area contributed by atoms with Gasteiger partial charge in [-0.25, -0.2) is 4.39 Å². The van der Waals surface area contributed by atoms with Gasteiger partial charge >= 0.3 is 11.9 Å². The van der Waals surface area contributed by atoms with Gasteiger partial charge in [-0.2, -0.15) is 5.10 Å². The molecule has 2 aliphatic rings. The number of rotatable bonds is 4. The second-order valence-corrected chi connectivity index (χ2v) is 5.93. The fourth-order valence-electron chi connectivity index (χ4n) is 3.46. The first-order valence-corrected chi connectivity index (χ1v) is 7.94. The highest BCUT2D eigenvalue weighted by Gasteiger charge is 2.58. The lowest BCUT2D eigenvalue weighted by Crippen LogP contribution is -2.42. The lowest BCUT2D eigenvalue weighted by atomic mass is 9.84. The maximum absolute atomic E-state index is 13.2. The number of ketones is 1. The van der Waals surface area contributed by atoms with Gasteiger partial charge in [-0.3, -0.25) is 19.4 Å². The molecule has 1 saturated heterocycles. The Hall–Kier alpha value is -3.03. The van der Waals surface area contributed by atoms with Crippen LogP contribution in [0.2, 0.25) is 0 Å². The molecule has 1 fully saturated rings. The minimum atomic E-state index is -1.10. The Morgan fingerprint density at radius 1 is 1.04 bits per heavy atom. The summed E-state index contributed by atoms with van der Waals surface area (Å²) in [7, 11) is 2.40. The first-order chi connectivity index (χ1) is 12.5. The van der Waals surface area contributed by atoms with Crippen LogP contribution < -0.4 is 0 Å². The lowest BCUT2D eigenvalue weighted by Gasteiger charge is -2.27. The van der Waals surface area contributed by atoms with E-state index in [1.807, 2.05) is 0 Å². The van der Waals surface area contributed by atoms with Crippen LogP contribution in [0.15, 0.2) is 41.5 Å². The van der Waals surface area contributed by atoms with Crippen LogP contribution in [-0.4, -0.2) is 55.2 Å². The van der Waals surface area contributed by atoms with Crippen LogP contribution in [0.3, 0.4) is 0 Å². The van der Waals surface area contributed by atoms with E-state index >= 15 is 0 Å². The number of carbonyl (C=O) groups excluding carboxylic acids is 3. The minimum absolute atomic E-state index is 0.208. The summed E-state index contributed by atoms with van der Waals surface area (Å²) in [6.07, 6.45) is 4.79. The smallest absolute Gasteiger partial charge is 0.312 e. The van der Waals surface area contributed by atoms with Crippen LogP contribution in [-0.2, 0) is 19.1 Å². The van der Waals surface area contributed by atoms with Crippen LogP contribution in [0.4, 0.5) is 4.39 Å². The van der Waals surface area contributed by atoms with Gasteiger partial charge in [0.2, 0.25) is 0 Å². The lowest BCUT2D eigenvalue weighted by molar-refractivity contribution is -0.156. The van der Waals surface area contributed by atoms with Gasteiger partial charge in [0.05, 0.1) is 26.2 Å². The summed E-state index contributed by atoms with van der Waals surface area (Å²) in [6.45, 7) is 0. The highest BCUT2D eigenvalue weighted by molar-refractivity contribution is 6.04. The molecule has 0 aliphatic carbocycles. The maximum Gasteiger partial charge on any atom is 0.312 e. The van der Waals surface area contributed by atoms with Crippen molar-refractivity contribution in [2.45, 2.75) is 12.1 Å². The fourth-order valence-corrected chi connectivity index (χ4v) is 3.46. The Labute approximate surface area is 149 Å². The molecule has 2 heterocycles. The highest BCUT2D eigenvalue weighted by Crippen LogP contribution is 2.40. The van der Waals surface area contributed by atoms with Crippen molar-refractivity contribution in [2.75, 3.05) is 14.2 Å². The number of hydrogen-bond donors (Lipinski definition) is 0. The highest BCUT2D eigenvalue weighted by atomic mass is 19.1. The van der Waals surface area contributed by atoms with E-state index in [9.17, 15) is 18.8 Å². The largest absolute Gasteiger partial charge is 0.469 e. The average molecular weight is 360 g/mol. The number of hydrazone groups is 1. The summed E-state index contributed by atoms with van der Waals surface area (Å²) in [5, 5.41) is 5.59. The maximum atomic E-state index is 13.2. The number of benzene rings is 1. The van der Waals surface area contributed by atoms with Crippen LogP contribution in [0, 0.1) is 17.7 Å². The predicted molar refractivity (Wildman–Crippen MR) is 88.8 cm³/mol. The third-order valence-electron chi connectivity index (χ3n) is 4.62. The molecule has 0 unspecified atom stereocenters. The van der Waals surface area contributed by atoms with E-state index in [4.69, 9.17) is 9.47 Å². The van der Waals surface area contributed by atoms with E-state index in [1.54, 1.807) is 12.2 Å². The minimum Gasteiger partial charge on any atom is -0.469 e. The summed E-state index contributed by atoms with van der Waals surface area (Å²) in [5.41, 5.74) is 0.208. The van der Waals surface area contributed by atoms with Crippen molar-refractivity contribution in [1.29, 1.82) is 0 Å². The first-order valence-electron chi connectivity index (χ1n) is 7.94. The predicted octanol–water partition coefficient (Wildman–Crippen LogP) is 1.20. The van der Waals surface area contributed by atoms with Crippen molar-refractivity contribution < 1.29 is 28.2 Å². The molecule has 26 heavy (non-hydrogen) atoms. The van der Waals surface area contributed by atoms with E-state index in [0.717, 1.165) is 12.1 Å². The number of fused-ring (bicyclic) bond motifs is 1. The van der Waals surface area contributed by atoms with E-state index in [0.29, 0.717) is 0 Å². The molecule has 2 aliphatic heterocycles. The van der Waals surface area contributed by atoms with Crippen LogP contribution >= 0.6 is 0 Å². The van der Waals surface area contributed by atoms with Crippen molar-refractivity contribution in [3.8, 4) is 0 Å². The van der Waals surface area contributed by atoms with Crippen molar-refractivity contribution in [3.05, 3.63) is 47.8 Å². The number of methoxy groups -OCH3 is 2. The van der Waals surface area contributed by atoms with Gasteiger partial charge in [0.1, 0.15) is 17.8 Å². The van der Waals surface area contributed by atoms with Crippen LogP contribution in [0.25, 0.3) is 0 Å².